The number of nitrogens with two attached hydrogens (primary N) is 1. The van der Waals surface area contributed by atoms with Gasteiger partial charge in [-0.05, 0) is 41.8 Å². The van der Waals surface area contributed by atoms with E-state index in [2.05, 4.69) is 4.99 Å². The Morgan fingerprint density at radius 1 is 1.08 bits per heavy atom. The average molecular weight is 348 g/mol. The zero-order chi connectivity index (χ0) is 17.4. The predicted molar refractivity (Wildman–Crippen MR) is 97.4 cm³/mol. The Labute approximate surface area is 145 Å². The molecule has 0 atom stereocenters. The summed E-state index contributed by atoms with van der Waals surface area (Å²) < 4.78 is 23.6. The fourth-order valence-corrected chi connectivity index (χ4v) is 2.84. The molecule has 2 rings (SSSR count). The van der Waals surface area contributed by atoms with Gasteiger partial charge in [-0.2, -0.15) is 0 Å². The van der Waals surface area contributed by atoms with Gasteiger partial charge in [0.15, 0.2) is 16.7 Å². The number of hydrogen-bond acceptors (Lipinski definition) is 4. The van der Waals surface area contributed by atoms with Crippen molar-refractivity contribution in [2.24, 2.45) is 10.7 Å². The molecule has 2 aromatic carbocycles. The molecule has 0 radical (unpaired) electrons. The number of methoxy groups -OCH3 is 2. The second kappa shape index (κ2) is 9.17. The lowest BCUT2D eigenvalue weighted by molar-refractivity contribution is 0.354. The van der Waals surface area contributed by atoms with Gasteiger partial charge in [-0.1, -0.05) is 30.0 Å². The molecule has 0 fully saturated rings. The fourth-order valence-electron chi connectivity index (χ4n) is 2.16. The van der Waals surface area contributed by atoms with E-state index in [1.165, 1.54) is 23.9 Å². The number of nitrogens with zero attached hydrogens (tertiary/aromatic N) is 1. The molecule has 2 aromatic rings. The van der Waals surface area contributed by atoms with Crippen LogP contribution in [0.25, 0.3) is 0 Å². The molecule has 6 heteroatoms. The minimum atomic E-state index is -0.239. The third kappa shape index (κ3) is 5.45. The molecule has 0 aliphatic rings. The molecular formula is C18H21FN2O2S. The first kappa shape index (κ1) is 18.1. The van der Waals surface area contributed by atoms with Crippen molar-refractivity contribution in [2.75, 3.05) is 20.8 Å². The smallest absolute Gasteiger partial charge is 0.160 e. The van der Waals surface area contributed by atoms with Crippen LogP contribution in [-0.4, -0.2) is 25.9 Å². The highest BCUT2D eigenvalue weighted by atomic mass is 32.2. The van der Waals surface area contributed by atoms with Gasteiger partial charge in [0.2, 0.25) is 0 Å². The average Bonchev–Trinajstić information content (AvgIpc) is 2.60. The van der Waals surface area contributed by atoms with E-state index in [1.54, 1.807) is 20.3 Å². The van der Waals surface area contributed by atoms with E-state index in [0.717, 1.165) is 17.5 Å². The van der Waals surface area contributed by atoms with Crippen molar-refractivity contribution in [1.82, 2.24) is 0 Å². The van der Waals surface area contributed by atoms with E-state index < -0.39 is 0 Å². The largest absolute Gasteiger partial charge is 0.493 e. The van der Waals surface area contributed by atoms with Crippen LogP contribution in [-0.2, 0) is 12.2 Å². The molecule has 2 N–H and O–H groups in total. The molecule has 0 aliphatic carbocycles. The maximum Gasteiger partial charge on any atom is 0.160 e. The van der Waals surface area contributed by atoms with Gasteiger partial charge >= 0.3 is 0 Å². The van der Waals surface area contributed by atoms with Crippen molar-refractivity contribution >= 4 is 16.9 Å². The van der Waals surface area contributed by atoms with Crippen LogP contribution in [0.3, 0.4) is 0 Å². The Balaban J connectivity index is 1.84. The quantitative estimate of drug-likeness (QED) is 0.613. The number of aliphatic imine (C=N–C) groups is 1. The molecule has 0 saturated heterocycles. The second-order valence-electron chi connectivity index (χ2n) is 5.08. The third-order valence-electron chi connectivity index (χ3n) is 3.39. The van der Waals surface area contributed by atoms with Crippen LogP contribution in [0.5, 0.6) is 11.5 Å². The van der Waals surface area contributed by atoms with E-state index in [1.807, 2.05) is 24.3 Å². The van der Waals surface area contributed by atoms with Crippen molar-refractivity contribution < 1.29 is 13.9 Å². The first-order chi connectivity index (χ1) is 11.6. The zero-order valence-corrected chi connectivity index (χ0v) is 14.6. The van der Waals surface area contributed by atoms with Crippen LogP contribution in [0, 0.1) is 5.82 Å². The summed E-state index contributed by atoms with van der Waals surface area (Å²) in [5.41, 5.74) is 7.88. The molecule has 0 aromatic heterocycles. The van der Waals surface area contributed by atoms with Gasteiger partial charge in [0, 0.05) is 12.3 Å². The van der Waals surface area contributed by atoms with Crippen LogP contribution in [0.4, 0.5) is 4.39 Å². The van der Waals surface area contributed by atoms with Gasteiger partial charge in [0.05, 0.1) is 14.2 Å². The first-order valence-electron chi connectivity index (χ1n) is 7.50. The van der Waals surface area contributed by atoms with Crippen molar-refractivity contribution in [3.63, 3.8) is 0 Å². The lowest BCUT2D eigenvalue weighted by Gasteiger charge is -2.09. The van der Waals surface area contributed by atoms with E-state index in [9.17, 15) is 4.39 Å². The van der Waals surface area contributed by atoms with E-state index in [0.29, 0.717) is 29.0 Å². The predicted octanol–water partition coefficient (Wildman–Crippen LogP) is 3.63. The fraction of sp³-hybridized carbons (Fsp3) is 0.278. The summed E-state index contributed by atoms with van der Waals surface area (Å²) in [6, 6.07) is 12.3. The number of halogens is 1. The summed E-state index contributed by atoms with van der Waals surface area (Å²) in [5.74, 6) is 1.77. The molecule has 0 saturated carbocycles. The number of ether oxygens (including phenoxy) is 2. The molecule has 0 spiro atoms. The minimum absolute atomic E-state index is 0.239. The van der Waals surface area contributed by atoms with Gasteiger partial charge in [0.25, 0.3) is 0 Å². The standard InChI is InChI=1S/C18H21FN2O2S/c1-22-16-7-6-13(11-17(16)23-2)8-9-21-18(20)24-12-14-4-3-5-15(19)10-14/h3-7,10-11H,8-9,12H2,1-2H3,(H2,20,21). The number of benzene rings is 2. The summed E-state index contributed by atoms with van der Waals surface area (Å²) >= 11 is 1.40. The van der Waals surface area contributed by atoms with Crippen molar-refractivity contribution in [2.45, 2.75) is 12.2 Å². The van der Waals surface area contributed by atoms with Crippen LogP contribution in [0.1, 0.15) is 11.1 Å². The highest BCUT2D eigenvalue weighted by Crippen LogP contribution is 2.27. The number of rotatable bonds is 7. The monoisotopic (exact) mass is 348 g/mol. The van der Waals surface area contributed by atoms with Crippen molar-refractivity contribution in [3.05, 3.63) is 59.4 Å². The highest BCUT2D eigenvalue weighted by molar-refractivity contribution is 8.13. The molecule has 0 aliphatic heterocycles. The van der Waals surface area contributed by atoms with E-state index in [-0.39, 0.29) is 5.82 Å². The highest BCUT2D eigenvalue weighted by Gasteiger charge is 2.04. The van der Waals surface area contributed by atoms with Gasteiger partial charge in [-0.3, -0.25) is 4.99 Å². The normalized spacial score (nSPS) is 11.4. The maximum absolute atomic E-state index is 13.1. The van der Waals surface area contributed by atoms with Crippen molar-refractivity contribution in [1.29, 1.82) is 0 Å². The maximum atomic E-state index is 13.1. The van der Waals surface area contributed by atoms with Crippen LogP contribution >= 0.6 is 11.8 Å². The van der Waals surface area contributed by atoms with Gasteiger partial charge in [0.1, 0.15) is 5.82 Å². The summed E-state index contributed by atoms with van der Waals surface area (Å²) in [4.78, 5) is 4.35. The van der Waals surface area contributed by atoms with E-state index in [4.69, 9.17) is 15.2 Å². The Morgan fingerprint density at radius 2 is 1.88 bits per heavy atom. The molecule has 0 unspecified atom stereocenters. The van der Waals surface area contributed by atoms with Gasteiger partial charge in [-0.15, -0.1) is 0 Å². The third-order valence-corrected chi connectivity index (χ3v) is 4.29. The molecule has 24 heavy (non-hydrogen) atoms. The molecule has 0 heterocycles. The molecule has 0 amide bonds. The molecule has 0 bridgehead atoms. The Bertz CT molecular complexity index is 707. The van der Waals surface area contributed by atoms with Crippen LogP contribution < -0.4 is 15.2 Å². The summed E-state index contributed by atoms with van der Waals surface area (Å²) in [5, 5.41) is 0.500. The minimum Gasteiger partial charge on any atom is -0.493 e. The number of thioether (sulfide) groups is 1. The van der Waals surface area contributed by atoms with Crippen molar-refractivity contribution in [3.8, 4) is 11.5 Å². The Morgan fingerprint density at radius 3 is 2.58 bits per heavy atom. The molecular weight excluding hydrogens is 327 g/mol. The molecule has 4 nitrogen and oxygen atoms in total. The molecule has 128 valence electrons. The zero-order valence-electron chi connectivity index (χ0n) is 13.8. The van der Waals surface area contributed by atoms with Crippen LogP contribution in [0.2, 0.25) is 0 Å². The summed E-state index contributed by atoms with van der Waals surface area (Å²) in [7, 11) is 3.22. The van der Waals surface area contributed by atoms with Crippen LogP contribution in [0.15, 0.2) is 47.5 Å². The van der Waals surface area contributed by atoms with Gasteiger partial charge < -0.3 is 15.2 Å². The SMILES string of the molecule is COc1ccc(CCN=C(N)SCc2cccc(F)c2)cc1OC. The topological polar surface area (TPSA) is 56.8 Å². The summed E-state index contributed by atoms with van der Waals surface area (Å²) in [6.07, 6.45) is 0.752. The summed E-state index contributed by atoms with van der Waals surface area (Å²) in [6.45, 7) is 0.581. The number of amidine groups is 1. The lowest BCUT2D eigenvalue weighted by Crippen LogP contribution is -2.08. The number of hydrogen-bond donors (Lipinski definition) is 1. The van der Waals surface area contributed by atoms with Gasteiger partial charge in [-0.25, -0.2) is 4.39 Å². The lowest BCUT2D eigenvalue weighted by atomic mass is 10.1. The first-order valence-corrected chi connectivity index (χ1v) is 8.49. The Kier molecular flexibility index (Phi) is 6.93. The van der Waals surface area contributed by atoms with E-state index >= 15 is 0 Å². The second-order valence-corrected chi connectivity index (χ2v) is 6.07. The Hall–Kier alpha value is -2.21.